The average molecular weight is 374 g/mol. The lowest BCUT2D eigenvalue weighted by atomic mass is 10.0. The second-order valence-electron chi connectivity index (χ2n) is 6.77. The van der Waals surface area contributed by atoms with E-state index in [4.69, 9.17) is 4.74 Å². The van der Waals surface area contributed by atoms with Crippen LogP contribution in [0.15, 0.2) is 48.8 Å². The van der Waals surface area contributed by atoms with Gasteiger partial charge in [-0.1, -0.05) is 34.6 Å². The summed E-state index contributed by atoms with van der Waals surface area (Å²) in [6.07, 6.45) is 5.11. The first-order chi connectivity index (χ1) is 13.8. The lowest BCUT2D eigenvalue weighted by molar-refractivity contribution is 0.205. The number of aromatic amines is 1. The van der Waals surface area contributed by atoms with Gasteiger partial charge in [-0.15, -0.1) is 15.3 Å². The number of H-pyrrole nitrogens is 1. The van der Waals surface area contributed by atoms with Crippen molar-refractivity contribution < 1.29 is 4.74 Å². The molecule has 1 fully saturated rings. The minimum absolute atomic E-state index is 0.330. The molecule has 28 heavy (non-hydrogen) atoms. The Bertz CT molecular complexity index is 1070. The highest BCUT2D eigenvalue weighted by Gasteiger charge is 2.33. The van der Waals surface area contributed by atoms with Crippen LogP contribution in [0.1, 0.15) is 41.9 Å². The molecular weight excluding hydrogens is 356 g/mol. The Kier molecular flexibility index (Phi) is 4.04. The van der Waals surface area contributed by atoms with Crippen molar-refractivity contribution in [3.63, 3.8) is 0 Å². The van der Waals surface area contributed by atoms with Crippen LogP contribution in [0.25, 0.3) is 11.4 Å². The second-order valence-corrected chi connectivity index (χ2v) is 6.77. The van der Waals surface area contributed by atoms with Crippen LogP contribution in [0.5, 0.6) is 6.01 Å². The molecule has 3 heterocycles. The molecule has 1 N–H and O–H groups in total. The van der Waals surface area contributed by atoms with E-state index >= 15 is 0 Å². The Morgan fingerprint density at radius 1 is 1.07 bits per heavy atom. The van der Waals surface area contributed by atoms with Gasteiger partial charge in [0, 0.05) is 29.6 Å². The molecule has 9 nitrogen and oxygen atoms in total. The number of hydrogen-bond acceptors (Lipinski definition) is 7. The normalized spacial score (nSPS) is 14.8. The Balaban J connectivity index is 1.57. The van der Waals surface area contributed by atoms with Gasteiger partial charge in [0.05, 0.1) is 0 Å². The lowest BCUT2D eigenvalue weighted by Gasteiger charge is -2.18. The van der Waals surface area contributed by atoms with Crippen LogP contribution in [-0.2, 0) is 0 Å². The molecule has 1 atom stereocenters. The van der Waals surface area contributed by atoms with Crippen LogP contribution in [0.2, 0.25) is 0 Å². The zero-order valence-corrected chi connectivity index (χ0v) is 15.2. The van der Waals surface area contributed by atoms with Crippen LogP contribution in [0.3, 0.4) is 0 Å². The number of benzene rings is 1. The molecule has 1 aliphatic carbocycles. The molecular formula is C19H18N8O. The third-order valence-corrected chi connectivity index (χ3v) is 4.81. The van der Waals surface area contributed by atoms with E-state index in [0.29, 0.717) is 17.9 Å². The van der Waals surface area contributed by atoms with Gasteiger partial charge in [-0.25, -0.2) is 0 Å². The second kappa shape index (κ2) is 6.84. The van der Waals surface area contributed by atoms with Gasteiger partial charge in [0.1, 0.15) is 0 Å². The number of nitrogens with zero attached hydrogens (tertiary/aromatic N) is 7. The fraction of sp³-hybridized carbons (Fsp3) is 0.263. The summed E-state index contributed by atoms with van der Waals surface area (Å²) in [5.41, 5.74) is 2.99. The number of tetrazole rings is 1. The van der Waals surface area contributed by atoms with Crippen molar-refractivity contribution >= 4 is 0 Å². The predicted molar refractivity (Wildman–Crippen MR) is 99.4 cm³/mol. The zero-order chi connectivity index (χ0) is 18.9. The number of rotatable bonds is 6. The SMILES string of the molecule is Cc1ccccc1C(Oc1nnc(-c2ccncc2)n1C1CC1)c1nn[nH]n1. The molecule has 1 saturated carbocycles. The van der Waals surface area contributed by atoms with Gasteiger partial charge in [-0.05, 0) is 37.5 Å². The molecule has 0 spiro atoms. The standard InChI is InChI=1S/C19H18N8O/c1-12-4-2-3-5-15(12)16(17-21-25-26-22-17)28-19-24-23-18(27(19)14-6-7-14)13-8-10-20-11-9-13/h2-5,8-11,14,16H,6-7H2,1H3,(H,21,22,25,26). The first kappa shape index (κ1) is 16.5. The summed E-state index contributed by atoms with van der Waals surface area (Å²) in [6, 6.07) is 12.6. The molecule has 3 aromatic heterocycles. The summed E-state index contributed by atoms with van der Waals surface area (Å²) in [5.74, 6) is 1.22. The monoisotopic (exact) mass is 374 g/mol. The van der Waals surface area contributed by atoms with E-state index < -0.39 is 6.10 Å². The first-order valence-corrected chi connectivity index (χ1v) is 9.12. The summed E-state index contributed by atoms with van der Waals surface area (Å²) < 4.78 is 8.41. The number of ether oxygens (including phenoxy) is 1. The number of nitrogens with one attached hydrogen (secondary N) is 1. The Morgan fingerprint density at radius 3 is 2.61 bits per heavy atom. The third-order valence-electron chi connectivity index (χ3n) is 4.81. The highest BCUT2D eigenvalue weighted by molar-refractivity contribution is 5.55. The van der Waals surface area contributed by atoms with E-state index in [9.17, 15) is 0 Å². The van der Waals surface area contributed by atoms with Crippen LogP contribution >= 0.6 is 0 Å². The molecule has 0 amide bonds. The summed E-state index contributed by atoms with van der Waals surface area (Å²) in [4.78, 5) is 4.08. The maximum absolute atomic E-state index is 6.35. The third kappa shape index (κ3) is 3.00. The summed E-state index contributed by atoms with van der Waals surface area (Å²) in [6.45, 7) is 2.03. The van der Waals surface area contributed by atoms with E-state index in [-0.39, 0.29) is 0 Å². The minimum atomic E-state index is -0.535. The number of aromatic nitrogens is 8. The maximum atomic E-state index is 6.35. The van der Waals surface area contributed by atoms with Gasteiger partial charge in [0.15, 0.2) is 11.9 Å². The molecule has 9 heteroatoms. The molecule has 0 aliphatic heterocycles. The Morgan fingerprint density at radius 2 is 1.89 bits per heavy atom. The molecule has 0 saturated heterocycles. The summed E-state index contributed by atoms with van der Waals surface area (Å²) >= 11 is 0. The fourth-order valence-corrected chi connectivity index (χ4v) is 3.24. The van der Waals surface area contributed by atoms with Gasteiger partial charge in [-0.3, -0.25) is 9.55 Å². The van der Waals surface area contributed by atoms with Crippen molar-refractivity contribution in [1.29, 1.82) is 0 Å². The van der Waals surface area contributed by atoms with Gasteiger partial charge in [0.25, 0.3) is 0 Å². The highest BCUT2D eigenvalue weighted by Crippen LogP contribution is 2.42. The van der Waals surface area contributed by atoms with E-state index in [1.54, 1.807) is 12.4 Å². The number of hydrogen-bond donors (Lipinski definition) is 1. The summed E-state index contributed by atoms with van der Waals surface area (Å²) in [7, 11) is 0. The van der Waals surface area contributed by atoms with Crippen LogP contribution in [-0.4, -0.2) is 40.4 Å². The Labute approximate surface area is 160 Å². The van der Waals surface area contributed by atoms with E-state index in [2.05, 4.69) is 40.4 Å². The van der Waals surface area contributed by atoms with Crippen LogP contribution < -0.4 is 4.74 Å². The topological polar surface area (TPSA) is 107 Å². The molecule has 1 unspecified atom stereocenters. The van der Waals surface area contributed by atoms with Crippen molar-refractivity contribution in [2.75, 3.05) is 0 Å². The molecule has 0 radical (unpaired) electrons. The first-order valence-electron chi connectivity index (χ1n) is 9.12. The molecule has 5 rings (SSSR count). The molecule has 140 valence electrons. The molecule has 4 aromatic rings. The molecule has 1 aliphatic rings. The largest absolute Gasteiger partial charge is 0.447 e. The quantitative estimate of drug-likeness (QED) is 0.553. The zero-order valence-electron chi connectivity index (χ0n) is 15.2. The number of aryl methyl sites for hydroxylation is 1. The van der Waals surface area contributed by atoms with E-state index in [0.717, 1.165) is 35.4 Å². The van der Waals surface area contributed by atoms with Crippen molar-refractivity contribution in [2.45, 2.75) is 31.9 Å². The van der Waals surface area contributed by atoms with E-state index in [1.807, 2.05) is 43.3 Å². The average Bonchev–Trinajstić information content (AvgIpc) is 3.25. The van der Waals surface area contributed by atoms with Crippen molar-refractivity contribution in [1.82, 2.24) is 40.4 Å². The molecule has 1 aromatic carbocycles. The van der Waals surface area contributed by atoms with Gasteiger partial charge in [-0.2, -0.15) is 5.21 Å². The smallest absolute Gasteiger partial charge is 0.318 e. The van der Waals surface area contributed by atoms with Gasteiger partial charge < -0.3 is 4.74 Å². The highest BCUT2D eigenvalue weighted by atomic mass is 16.5. The number of pyridine rings is 1. The van der Waals surface area contributed by atoms with Crippen molar-refractivity contribution in [3.05, 3.63) is 65.7 Å². The van der Waals surface area contributed by atoms with Crippen LogP contribution in [0.4, 0.5) is 0 Å². The van der Waals surface area contributed by atoms with Crippen molar-refractivity contribution in [3.8, 4) is 17.4 Å². The van der Waals surface area contributed by atoms with Gasteiger partial charge in [0.2, 0.25) is 5.82 Å². The van der Waals surface area contributed by atoms with Gasteiger partial charge >= 0.3 is 6.01 Å². The minimum Gasteiger partial charge on any atom is -0.447 e. The summed E-state index contributed by atoms with van der Waals surface area (Å²) in [5, 5.41) is 23.2. The van der Waals surface area contributed by atoms with E-state index in [1.165, 1.54) is 0 Å². The maximum Gasteiger partial charge on any atom is 0.318 e. The Hall–Kier alpha value is -3.62. The lowest BCUT2D eigenvalue weighted by Crippen LogP contribution is -2.15. The van der Waals surface area contributed by atoms with Crippen LogP contribution in [0, 0.1) is 6.92 Å². The molecule has 0 bridgehead atoms. The van der Waals surface area contributed by atoms with Crippen molar-refractivity contribution in [2.24, 2.45) is 0 Å². The predicted octanol–water partition coefficient (Wildman–Crippen LogP) is 2.66. The fourth-order valence-electron chi connectivity index (χ4n) is 3.24.